The molecule has 0 spiro atoms. The zero-order valence-corrected chi connectivity index (χ0v) is 7.43. The number of aryl methyl sites for hydroxylation is 1. The molecule has 2 aromatic heterocycles. The van der Waals surface area contributed by atoms with Gasteiger partial charge in [0.25, 0.3) is 0 Å². The van der Waals surface area contributed by atoms with E-state index in [1.54, 1.807) is 24.0 Å². The van der Waals surface area contributed by atoms with Gasteiger partial charge >= 0.3 is 5.69 Å². The predicted molar refractivity (Wildman–Crippen MR) is 49.3 cm³/mol. The fraction of sp³-hybridized carbons (Fsp3) is 0.143. The highest BCUT2D eigenvalue weighted by Gasteiger charge is 2.06. The van der Waals surface area contributed by atoms with Gasteiger partial charge in [-0.2, -0.15) is 15.1 Å². The van der Waals surface area contributed by atoms with Gasteiger partial charge in [0.2, 0.25) is 5.95 Å². The maximum absolute atomic E-state index is 11.0. The fourth-order valence-electron chi connectivity index (χ4n) is 1.13. The number of nitrogens with two attached hydrogens (primary N) is 1. The molecule has 0 saturated carbocycles. The van der Waals surface area contributed by atoms with Crippen molar-refractivity contribution >= 4 is 5.95 Å². The summed E-state index contributed by atoms with van der Waals surface area (Å²) in [5.41, 5.74) is 5.50. The number of nitrogens with zero attached hydrogens (tertiary/aromatic N) is 4. The Bertz CT molecular complexity index is 513. The highest BCUT2D eigenvalue weighted by atomic mass is 16.1. The molecule has 14 heavy (non-hydrogen) atoms. The standard InChI is InChI=1S/C7H8N6O/c1-13-4(2-3-9-13)5-10-6(8)12-7(14)11-5/h2-3H,1H3,(H3,8,10,11,12,14). The zero-order chi connectivity index (χ0) is 10.1. The second-order valence-corrected chi connectivity index (χ2v) is 2.70. The summed E-state index contributed by atoms with van der Waals surface area (Å²) in [6.45, 7) is 0. The number of rotatable bonds is 1. The van der Waals surface area contributed by atoms with Gasteiger partial charge in [0.1, 0.15) is 5.69 Å². The van der Waals surface area contributed by atoms with Crippen LogP contribution in [-0.2, 0) is 7.05 Å². The second-order valence-electron chi connectivity index (χ2n) is 2.70. The minimum atomic E-state index is -0.520. The molecule has 0 amide bonds. The first kappa shape index (κ1) is 8.42. The Hall–Kier alpha value is -2.18. The number of anilines is 1. The molecule has 3 N–H and O–H groups in total. The van der Waals surface area contributed by atoms with E-state index >= 15 is 0 Å². The molecule has 7 nitrogen and oxygen atoms in total. The van der Waals surface area contributed by atoms with Crippen molar-refractivity contribution in [3.63, 3.8) is 0 Å². The largest absolute Gasteiger partial charge is 0.368 e. The maximum Gasteiger partial charge on any atom is 0.349 e. The number of H-pyrrole nitrogens is 1. The molecule has 0 radical (unpaired) electrons. The van der Waals surface area contributed by atoms with Gasteiger partial charge in [0.15, 0.2) is 5.82 Å². The smallest absolute Gasteiger partial charge is 0.349 e. The van der Waals surface area contributed by atoms with Crippen LogP contribution >= 0.6 is 0 Å². The summed E-state index contributed by atoms with van der Waals surface area (Å²) in [5.74, 6) is 0.312. The monoisotopic (exact) mass is 192 g/mol. The van der Waals surface area contributed by atoms with Gasteiger partial charge in [-0.3, -0.25) is 9.67 Å². The number of aromatic amines is 1. The van der Waals surface area contributed by atoms with Crippen LogP contribution in [0.1, 0.15) is 0 Å². The molecule has 0 aliphatic heterocycles. The normalized spacial score (nSPS) is 10.4. The minimum absolute atomic E-state index is 0.0510. The van der Waals surface area contributed by atoms with Gasteiger partial charge in [-0.1, -0.05) is 0 Å². The Morgan fingerprint density at radius 2 is 2.29 bits per heavy atom. The third-order valence-electron chi connectivity index (χ3n) is 1.73. The van der Waals surface area contributed by atoms with Crippen molar-refractivity contribution < 1.29 is 0 Å². The lowest BCUT2D eigenvalue weighted by Gasteiger charge is -2.00. The molecule has 0 aliphatic carbocycles. The van der Waals surface area contributed by atoms with E-state index < -0.39 is 5.69 Å². The first-order chi connectivity index (χ1) is 6.66. The van der Waals surface area contributed by atoms with Crippen LogP contribution in [-0.4, -0.2) is 24.7 Å². The Balaban J connectivity index is 2.63. The summed E-state index contributed by atoms with van der Waals surface area (Å²) in [4.78, 5) is 20.8. The summed E-state index contributed by atoms with van der Waals surface area (Å²) in [5, 5.41) is 3.95. The van der Waals surface area contributed by atoms with E-state index in [0.29, 0.717) is 11.5 Å². The highest BCUT2D eigenvalue weighted by Crippen LogP contribution is 2.10. The molecule has 2 aromatic rings. The number of hydrogen-bond acceptors (Lipinski definition) is 5. The predicted octanol–water partition coefficient (Wildman–Crippen LogP) is -0.852. The van der Waals surface area contributed by atoms with Crippen LogP contribution in [0.3, 0.4) is 0 Å². The number of nitrogen functional groups attached to an aromatic ring is 1. The molecule has 2 heterocycles. The quantitative estimate of drug-likeness (QED) is 0.612. The first-order valence-electron chi connectivity index (χ1n) is 3.89. The van der Waals surface area contributed by atoms with Gasteiger partial charge in [0, 0.05) is 13.2 Å². The van der Waals surface area contributed by atoms with Gasteiger partial charge in [-0.25, -0.2) is 4.79 Å². The van der Waals surface area contributed by atoms with Crippen LogP contribution in [0.2, 0.25) is 0 Å². The molecule has 0 saturated heterocycles. The van der Waals surface area contributed by atoms with Gasteiger partial charge < -0.3 is 5.73 Å². The van der Waals surface area contributed by atoms with Crippen LogP contribution in [0.25, 0.3) is 11.5 Å². The molecule has 0 aromatic carbocycles. The first-order valence-corrected chi connectivity index (χ1v) is 3.89. The molecule has 0 bridgehead atoms. The molecule has 0 unspecified atom stereocenters. The molecular weight excluding hydrogens is 184 g/mol. The lowest BCUT2D eigenvalue weighted by Crippen LogP contribution is -2.16. The van der Waals surface area contributed by atoms with Crippen molar-refractivity contribution in [2.24, 2.45) is 7.05 Å². The molecule has 0 fully saturated rings. The molecular formula is C7H8N6O. The molecule has 72 valence electrons. The summed E-state index contributed by atoms with van der Waals surface area (Å²) in [7, 11) is 1.74. The topological polar surface area (TPSA) is 102 Å². The van der Waals surface area contributed by atoms with Crippen molar-refractivity contribution in [1.82, 2.24) is 24.7 Å². The van der Waals surface area contributed by atoms with Crippen molar-refractivity contribution in [2.45, 2.75) is 0 Å². The van der Waals surface area contributed by atoms with Crippen LogP contribution in [0.5, 0.6) is 0 Å². The summed E-state index contributed by atoms with van der Waals surface area (Å²) in [6, 6.07) is 1.72. The Morgan fingerprint density at radius 1 is 1.50 bits per heavy atom. The van der Waals surface area contributed by atoms with E-state index in [2.05, 4.69) is 20.1 Å². The van der Waals surface area contributed by atoms with Crippen LogP contribution in [0.4, 0.5) is 5.95 Å². The molecule has 7 heteroatoms. The third-order valence-corrected chi connectivity index (χ3v) is 1.73. The van der Waals surface area contributed by atoms with Crippen molar-refractivity contribution in [3.8, 4) is 11.5 Å². The van der Waals surface area contributed by atoms with E-state index in [1.807, 2.05) is 0 Å². The SMILES string of the molecule is Cn1nccc1-c1nc(N)nc(=O)[nH]1. The summed E-state index contributed by atoms with van der Waals surface area (Å²) < 4.78 is 1.58. The van der Waals surface area contributed by atoms with E-state index in [1.165, 1.54) is 0 Å². The van der Waals surface area contributed by atoms with E-state index in [0.717, 1.165) is 0 Å². The van der Waals surface area contributed by atoms with Crippen molar-refractivity contribution in [3.05, 3.63) is 22.7 Å². The van der Waals surface area contributed by atoms with Crippen molar-refractivity contribution in [2.75, 3.05) is 5.73 Å². The molecule has 0 atom stereocenters. The lowest BCUT2D eigenvalue weighted by atomic mass is 10.4. The molecule has 0 aliphatic rings. The minimum Gasteiger partial charge on any atom is -0.368 e. The summed E-state index contributed by atoms with van der Waals surface area (Å²) >= 11 is 0. The fourth-order valence-corrected chi connectivity index (χ4v) is 1.13. The summed E-state index contributed by atoms with van der Waals surface area (Å²) in [6.07, 6.45) is 1.60. The van der Waals surface area contributed by atoms with E-state index in [-0.39, 0.29) is 5.95 Å². The van der Waals surface area contributed by atoms with E-state index in [9.17, 15) is 4.79 Å². The van der Waals surface area contributed by atoms with Gasteiger partial charge in [-0.05, 0) is 6.07 Å². The lowest BCUT2D eigenvalue weighted by molar-refractivity contribution is 0.767. The Labute approximate surface area is 78.6 Å². The van der Waals surface area contributed by atoms with Crippen LogP contribution in [0.15, 0.2) is 17.1 Å². The Morgan fingerprint density at radius 3 is 2.86 bits per heavy atom. The van der Waals surface area contributed by atoms with Crippen LogP contribution < -0.4 is 11.4 Å². The highest BCUT2D eigenvalue weighted by molar-refractivity contribution is 5.49. The second kappa shape index (κ2) is 2.95. The third kappa shape index (κ3) is 1.35. The Kier molecular flexibility index (Phi) is 1.77. The maximum atomic E-state index is 11.0. The molecule has 2 rings (SSSR count). The number of nitrogens with one attached hydrogen (secondary N) is 1. The van der Waals surface area contributed by atoms with E-state index in [4.69, 9.17) is 5.73 Å². The van der Waals surface area contributed by atoms with Gasteiger partial charge in [0.05, 0.1) is 0 Å². The zero-order valence-electron chi connectivity index (χ0n) is 7.43. The van der Waals surface area contributed by atoms with Crippen molar-refractivity contribution in [1.29, 1.82) is 0 Å². The number of aromatic nitrogens is 5. The average molecular weight is 192 g/mol. The van der Waals surface area contributed by atoms with Gasteiger partial charge in [-0.15, -0.1) is 0 Å². The number of hydrogen-bond donors (Lipinski definition) is 2. The average Bonchev–Trinajstić information content (AvgIpc) is 2.49. The van der Waals surface area contributed by atoms with Crippen LogP contribution in [0, 0.1) is 0 Å².